The fourth-order valence-corrected chi connectivity index (χ4v) is 4.31. The molecule has 0 bridgehead atoms. The van der Waals surface area contributed by atoms with Gasteiger partial charge in [-0.05, 0) is 54.5 Å². The Balaban J connectivity index is 1.88. The smallest absolute Gasteiger partial charge is 0.336 e. The van der Waals surface area contributed by atoms with E-state index >= 15 is 0 Å². The van der Waals surface area contributed by atoms with Crippen LogP contribution in [0, 0.1) is 19.8 Å². The summed E-state index contributed by atoms with van der Waals surface area (Å²) in [5.74, 6) is -0.145. The lowest BCUT2D eigenvalue weighted by Gasteiger charge is -2.39. The number of allylic oxidation sites excluding steroid dienone is 2. The van der Waals surface area contributed by atoms with Crippen LogP contribution < -0.4 is 5.32 Å². The monoisotopic (exact) mass is 319 g/mol. The van der Waals surface area contributed by atoms with Crippen LogP contribution in [0.25, 0.3) is 0 Å². The number of carboxylic acids is 1. The number of aryl methyl sites for hydroxylation is 2. The lowest BCUT2D eigenvalue weighted by molar-refractivity contribution is 0.0694. The first kappa shape index (κ1) is 15.0. The average Bonchev–Trinajstić information content (AvgIpc) is 3.06. The average molecular weight is 319 g/mol. The minimum Gasteiger partial charge on any atom is -0.478 e. The van der Waals surface area contributed by atoms with E-state index in [0.717, 1.165) is 12.0 Å². The Bertz CT molecular complexity index is 853. The van der Waals surface area contributed by atoms with Crippen molar-refractivity contribution in [2.75, 3.05) is 5.32 Å². The van der Waals surface area contributed by atoms with E-state index < -0.39 is 5.97 Å². The van der Waals surface area contributed by atoms with Crippen molar-refractivity contribution < 1.29 is 9.90 Å². The van der Waals surface area contributed by atoms with Gasteiger partial charge in [-0.1, -0.05) is 42.5 Å². The highest BCUT2D eigenvalue weighted by atomic mass is 16.4. The number of anilines is 1. The topological polar surface area (TPSA) is 49.3 Å². The SMILES string of the molecule is Cc1ccc(C)c2c1N[C@H](c1ccccc1C(=O)O)[C@H]1CC=C[C@H]21. The number of carboxylic acid groups (broad SMARTS) is 1. The zero-order chi connectivity index (χ0) is 16.8. The van der Waals surface area contributed by atoms with E-state index in [1.807, 2.05) is 12.1 Å². The van der Waals surface area contributed by atoms with Crippen molar-refractivity contribution in [1.29, 1.82) is 0 Å². The molecule has 2 aromatic rings. The molecular formula is C21H21NO2. The van der Waals surface area contributed by atoms with Crippen LogP contribution in [0.3, 0.4) is 0 Å². The standard InChI is InChI=1S/C21H21NO2/c1-12-10-11-13(2)19-18(12)14-8-5-9-15(14)20(22-19)16-6-3-4-7-17(16)21(23)24/h3-8,10-11,14-15,20,22H,9H2,1-2H3,(H,23,24)/t14-,15-,20-/m0/s1. The Morgan fingerprint density at radius 3 is 2.67 bits per heavy atom. The summed E-state index contributed by atoms with van der Waals surface area (Å²) in [6.07, 6.45) is 5.51. The number of fused-ring (bicyclic) bond motifs is 3. The third kappa shape index (κ3) is 2.15. The summed E-state index contributed by atoms with van der Waals surface area (Å²) in [5.41, 5.74) is 6.34. The number of hydrogen-bond donors (Lipinski definition) is 2. The van der Waals surface area contributed by atoms with Crippen LogP contribution in [0.4, 0.5) is 5.69 Å². The summed E-state index contributed by atoms with van der Waals surface area (Å²) < 4.78 is 0. The van der Waals surface area contributed by atoms with Crippen molar-refractivity contribution in [3.8, 4) is 0 Å². The summed E-state index contributed by atoms with van der Waals surface area (Å²) in [5, 5.41) is 13.3. The molecule has 3 atom stereocenters. The number of hydrogen-bond acceptors (Lipinski definition) is 2. The van der Waals surface area contributed by atoms with E-state index in [-0.39, 0.29) is 6.04 Å². The van der Waals surface area contributed by atoms with Crippen molar-refractivity contribution in [3.05, 3.63) is 76.4 Å². The van der Waals surface area contributed by atoms with Gasteiger partial charge in [-0.2, -0.15) is 0 Å². The molecule has 0 saturated heterocycles. The number of nitrogens with one attached hydrogen (secondary N) is 1. The van der Waals surface area contributed by atoms with Gasteiger partial charge in [0, 0.05) is 11.6 Å². The van der Waals surface area contributed by atoms with Crippen LogP contribution >= 0.6 is 0 Å². The van der Waals surface area contributed by atoms with Crippen molar-refractivity contribution in [1.82, 2.24) is 0 Å². The highest BCUT2D eigenvalue weighted by molar-refractivity contribution is 5.90. The second-order valence-corrected chi connectivity index (χ2v) is 6.86. The number of aromatic carboxylic acids is 1. The molecule has 0 amide bonds. The molecule has 2 N–H and O–H groups in total. The van der Waals surface area contributed by atoms with Gasteiger partial charge < -0.3 is 10.4 Å². The van der Waals surface area contributed by atoms with Crippen LogP contribution in [0.15, 0.2) is 48.6 Å². The largest absolute Gasteiger partial charge is 0.478 e. The second-order valence-electron chi connectivity index (χ2n) is 6.86. The normalized spacial score (nSPS) is 24.2. The van der Waals surface area contributed by atoms with E-state index in [2.05, 4.69) is 43.4 Å². The van der Waals surface area contributed by atoms with E-state index in [1.54, 1.807) is 12.1 Å². The second kappa shape index (κ2) is 5.52. The van der Waals surface area contributed by atoms with Crippen molar-refractivity contribution >= 4 is 11.7 Å². The molecule has 1 aliphatic heterocycles. The summed E-state index contributed by atoms with van der Waals surface area (Å²) in [6.45, 7) is 4.28. The zero-order valence-electron chi connectivity index (χ0n) is 13.9. The summed E-state index contributed by atoms with van der Waals surface area (Å²) in [7, 11) is 0. The van der Waals surface area contributed by atoms with Crippen molar-refractivity contribution in [2.24, 2.45) is 5.92 Å². The fourth-order valence-electron chi connectivity index (χ4n) is 4.31. The van der Waals surface area contributed by atoms with E-state index in [9.17, 15) is 9.90 Å². The van der Waals surface area contributed by atoms with E-state index in [4.69, 9.17) is 0 Å². The molecular weight excluding hydrogens is 298 g/mol. The number of carbonyl (C=O) groups is 1. The third-order valence-corrected chi connectivity index (χ3v) is 5.47. The van der Waals surface area contributed by atoms with E-state index in [1.165, 1.54) is 22.4 Å². The molecule has 1 heterocycles. The molecule has 122 valence electrons. The molecule has 2 aromatic carbocycles. The van der Waals surface area contributed by atoms with Gasteiger partial charge in [0.05, 0.1) is 11.6 Å². The Hall–Kier alpha value is -2.55. The first-order valence-electron chi connectivity index (χ1n) is 8.43. The maximum absolute atomic E-state index is 11.7. The molecule has 3 heteroatoms. The first-order chi connectivity index (χ1) is 11.6. The Morgan fingerprint density at radius 1 is 1.12 bits per heavy atom. The first-order valence-corrected chi connectivity index (χ1v) is 8.43. The van der Waals surface area contributed by atoms with Gasteiger partial charge in [0.1, 0.15) is 0 Å². The van der Waals surface area contributed by atoms with Gasteiger partial charge in [-0.3, -0.25) is 0 Å². The molecule has 24 heavy (non-hydrogen) atoms. The van der Waals surface area contributed by atoms with Gasteiger partial charge >= 0.3 is 5.97 Å². The predicted octanol–water partition coefficient (Wildman–Crippen LogP) is 4.83. The number of rotatable bonds is 2. The van der Waals surface area contributed by atoms with Crippen molar-refractivity contribution in [3.63, 3.8) is 0 Å². The molecule has 0 unspecified atom stereocenters. The van der Waals surface area contributed by atoms with Gasteiger partial charge in [0.15, 0.2) is 0 Å². The summed E-state index contributed by atoms with van der Waals surface area (Å²) >= 11 is 0. The quantitative estimate of drug-likeness (QED) is 0.780. The molecule has 0 spiro atoms. The summed E-state index contributed by atoms with van der Waals surface area (Å²) in [6, 6.07) is 11.7. The molecule has 3 nitrogen and oxygen atoms in total. The van der Waals surface area contributed by atoms with Crippen LogP contribution in [-0.4, -0.2) is 11.1 Å². The van der Waals surface area contributed by atoms with Crippen LogP contribution in [0.2, 0.25) is 0 Å². The minimum atomic E-state index is -0.860. The highest BCUT2D eigenvalue weighted by Crippen LogP contribution is 2.51. The van der Waals surface area contributed by atoms with Crippen LogP contribution in [0.1, 0.15) is 51.0 Å². The summed E-state index contributed by atoms with van der Waals surface area (Å²) in [4.78, 5) is 11.7. The van der Waals surface area contributed by atoms with Crippen LogP contribution in [0.5, 0.6) is 0 Å². The fraction of sp³-hybridized carbons (Fsp3) is 0.286. The third-order valence-electron chi connectivity index (χ3n) is 5.47. The maximum Gasteiger partial charge on any atom is 0.336 e. The lowest BCUT2D eigenvalue weighted by Crippen LogP contribution is -2.31. The Morgan fingerprint density at radius 2 is 1.88 bits per heavy atom. The van der Waals surface area contributed by atoms with Gasteiger partial charge in [0.2, 0.25) is 0 Å². The molecule has 0 radical (unpaired) electrons. The predicted molar refractivity (Wildman–Crippen MR) is 95.7 cm³/mol. The maximum atomic E-state index is 11.7. The molecule has 2 aliphatic rings. The van der Waals surface area contributed by atoms with Crippen LogP contribution in [-0.2, 0) is 0 Å². The minimum absolute atomic E-state index is 0.0188. The molecule has 1 aliphatic carbocycles. The lowest BCUT2D eigenvalue weighted by atomic mass is 9.74. The number of benzene rings is 2. The molecule has 0 fully saturated rings. The van der Waals surface area contributed by atoms with E-state index in [0.29, 0.717) is 17.4 Å². The van der Waals surface area contributed by atoms with Gasteiger partial charge in [-0.15, -0.1) is 0 Å². The van der Waals surface area contributed by atoms with Crippen molar-refractivity contribution in [2.45, 2.75) is 32.2 Å². The molecule has 0 aromatic heterocycles. The Kier molecular flexibility index (Phi) is 3.45. The van der Waals surface area contributed by atoms with Gasteiger partial charge in [0.25, 0.3) is 0 Å². The van der Waals surface area contributed by atoms with Gasteiger partial charge in [-0.25, -0.2) is 4.79 Å². The highest BCUT2D eigenvalue weighted by Gasteiger charge is 2.40. The zero-order valence-corrected chi connectivity index (χ0v) is 13.9. The molecule has 0 saturated carbocycles. The Labute approximate surface area is 142 Å². The molecule has 4 rings (SSSR count).